The van der Waals surface area contributed by atoms with Gasteiger partial charge in [0.2, 0.25) is 5.91 Å². The van der Waals surface area contributed by atoms with Crippen LogP contribution >= 0.6 is 0 Å². The van der Waals surface area contributed by atoms with Crippen molar-refractivity contribution in [1.29, 1.82) is 0 Å². The molecule has 1 aliphatic rings. The van der Waals surface area contributed by atoms with Gasteiger partial charge in [-0.2, -0.15) is 13.9 Å². The standard InChI is InChI=1S/C27H28F2N4O4/c1-27(2,3)37-23(34)12-11-21(24(30)35)32-15-18-13-17(9-10-19(18)25(32)36)20-14-22(33(31-20)26(28)29)16-7-5-4-6-8-16/h4-10,13-14,21,26H,11-12,15H2,1-3H3,(H2,30,35)/t21-/m0/s1. The molecule has 1 aromatic heterocycles. The van der Waals surface area contributed by atoms with Crippen LogP contribution in [-0.4, -0.2) is 44.1 Å². The van der Waals surface area contributed by atoms with Crippen molar-refractivity contribution in [1.82, 2.24) is 14.7 Å². The largest absolute Gasteiger partial charge is 0.460 e. The van der Waals surface area contributed by atoms with Gasteiger partial charge >= 0.3 is 12.5 Å². The van der Waals surface area contributed by atoms with E-state index in [-0.39, 0.29) is 25.1 Å². The first kappa shape index (κ1) is 26.0. The van der Waals surface area contributed by atoms with Crippen LogP contribution < -0.4 is 5.73 Å². The maximum absolute atomic E-state index is 13.7. The quantitative estimate of drug-likeness (QED) is 0.448. The van der Waals surface area contributed by atoms with Gasteiger partial charge in [0.15, 0.2) is 0 Å². The van der Waals surface area contributed by atoms with Crippen molar-refractivity contribution in [3.05, 3.63) is 65.7 Å². The number of hydrogen-bond acceptors (Lipinski definition) is 5. The van der Waals surface area contributed by atoms with Gasteiger partial charge in [-0.3, -0.25) is 14.4 Å². The van der Waals surface area contributed by atoms with Gasteiger partial charge in [0.05, 0.1) is 11.4 Å². The summed E-state index contributed by atoms with van der Waals surface area (Å²) in [6.45, 7) is 2.47. The number of halogens is 2. The SMILES string of the molecule is CC(C)(C)OC(=O)CC[C@@H](C(N)=O)N1Cc2cc(-c3cc(-c4ccccc4)n(C(F)F)n3)ccc2C1=O. The second kappa shape index (κ2) is 10.1. The number of carbonyl (C=O) groups is 3. The molecule has 10 heteroatoms. The third kappa shape index (κ3) is 5.68. The molecule has 2 heterocycles. The fourth-order valence-corrected chi connectivity index (χ4v) is 4.36. The first-order valence-corrected chi connectivity index (χ1v) is 11.8. The van der Waals surface area contributed by atoms with Crippen LogP contribution in [0.15, 0.2) is 54.6 Å². The van der Waals surface area contributed by atoms with Gasteiger partial charge < -0.3 is 15.4 Å². The molecule has 3 aromatic rings. The maximum Gasteiger partial charge on any atom is 0.333 e. The van der Waals surface area contributed by atoms with Gasteiger partial charge in [-0.05, 0) is 51.0 Å². The molecule has 8 nitrogen and oxygen atoms in total. The van der Waals surface area contributed by atoms with Crippen LogP contribution in [0.4, 0.5) is 8.78 Å². The highest BCUT2D eigenvalue weighted by Crippen LogP contribution is 2.33. The Labute approximate surface area is 213 Å². The minimum atomic E-state index is -2.84. The van der Waals surface area contributed by atoms with E-state index in [1.54, 1.807) is 75.4 Å². The number of aromatic nitrogens is 2. The van der Waals surface area contributed by atoms with E-state index in [2.05, 4.69) is 5.10 Å². The molecule has 0 bridgehead atoms. The molecule has 4 rings (SSSR count). The molecule has 2 N–H and O–H groups in total. The molecule has 2 amide bonds. The van der Waals surface area contributed by atoms with Gasteiger partial charge in [0.1, 0.15) is 11.6 Å². The van der Waals surface area contributed by atoms with E-state index in [1.807, 2.05) is 0 Å². The van der Waals surface area contributed by atoms with Crippen molar-refractivity contribution >= 4 is 17.8 Å². The Balaban J connectivity index is 1.57. The van der Waals surface area contributed by atoms with Crippen LogP contribution in [0.3, 0.4) is 0 Å². The van der Waals surface area contributed by atoms with Crippen molar-refractivity contribution in [2.45, 2.75) is 58.3 Å². The zero-order chi connectivity index (χ0) is 26.9. The number of fused-ring (bicyclic) bond motifs is 1. The normalized spacial score (nSPS) is 14.1. The third-order valence-corrected chi connectivity index (χ3v) is 5.97. The number of carbonyl (C=O) groups excluding carboxylic acids is 3. The molecule has 0 unspecified atom stereocenters. The summed E-state index contributed by atoms with van der Waals surface area (Å²) >= 11 is 0. The van der Waals surface area contributed by atoms with E-state index in [0.717, 1.165) is 0 Å². The zero-order valence-electron chi connectivity index (χ0n) is 20.8. The van der Waals surface area contributed by atoms with E-state index in [0.29, 0.717) is 32.6 Å². The number of nitrogens with two attached hydrogens (primary N) is 1. The van der Waals surface area contributed by atoms with Crippen molar-refractivity contribution in [2.75, 3.05) is 0 Å². The first-order chi connectivity index (χ1) is 17.4. The van der Waals surface area contributed by atoms with Crippen molar-refractivity contribution < 1.29 is 27.9 Å². The average Bonchev–Trinajstić information content (AvgIpc) is 3.41. The molecule has 0 saturated heterocycles. The van der Waals surface area contributed by atoms with Gasteiger partial charge in [-0.25, -0.2) is 4.68 Å². The molecule has 0 radical (unpaired) electrons. The van der Waals surface area contributed by atoms with E-state index in [4.69, 9.17) is 10.5 Å². The van der Waals surface area contributed by atoms with Crippen LogP contribution in [0.25, 0.3) is 22.5 Å². The van der Waals surface area contributed by atoms with E-state index in [1.165, 1.54) is 4.90 Å². The van der Waals surface area contributed by atoms with Crippen LogP contribution in [-0.2, 0) is 20.9 Å². The first-order valence-electron chi connectivity index (χ1n) is 11.8. The molecule has 37 heavy (non-hydrogen) atoms. The maximum atomic E-state index is 13.7. The van der Waals surface area contributed by atoms with Crippen LogP contribution in [0.5, 0.6) is 0 Å². The fourth-order valence-electron chi connectivity index (χ4n) is 4.36. The number of nitrogens with zero attached hydrogens (tertiary/aromatic N) is 3. The number of ether oxygens (including phenoxy) is 1. The number of esters is 1. The lowest BCUT2D eigenvalue weighted by atomic mass is 10.0. The van der Waals surface area contributed by atoms with Crippen LogP contribution in [0, 0.1) is 0 Å². The van der Waals surface area contributed by atoms with Gasteiger partial charge in [-0.1, -0.05) is 36.4 Å². The lowest BCUT2D eigenvalue weighted by molar-refractivity contribution is -0.155. The molecule has 2 aromatic carbocycles. The Morgan fingerprint density at radius 2 is 1.78 bits per heavy atom. The number of benzene rings is 2. The second-order valence-electron chi connectivity index (χ2n) is 9.85. The molecule has 0 saturated carbocycles. The van der Waals surface area contributed by atoms with Gasteiger partial charge in [0.25, 0.3) is 5.91 Å². The van der Waals surface area contributed by atoms with Gasteiger partial charge in [0, 0.05) is 29.7 Å². The van der Waals surface area contributed by atoms with Crippen molar-refractivity contribution in [3.8, 4) is 22.5 Å². The monoisotopic (exact) mass is 510 g/mol. The van der Waals surface area contributed by atoms with E-state index in [9.17, 15) is 23.2 Å². The second-order valence-corrected chi connectivity index (χ2v) is 9.85. The minimum Gasteiger partial charge on any atom is -0.460 e. The Kier molecular flexibility index (Phi) is 7.11. The Bertz CT molecular complexity index is 1330. The lowest BCUT2D eigenvalue weighted by Gasteiger charge is -2.25. The topological polar surface area (TPSA) is 108 Å². The van der Waals surface area contributed by atoms with Crippen molar-refractivity contribution in [3.63, 3.8) is 0 Å². The summed E-state index contributed by atoms with van der Waals surface area (Å²) in [7, 11) is 0. The molecule has 1 aliphatic heterocycles. The number of hydrogen-bond donors (Lipinski definition) is 1. The molecule has 0 fully saturated rings. The molecular formula is C27H28F2N4O4. The average molecular weight is 511 g/mol. The van der Waals surface area contributed by atoms with Crippen LogP contribution in [0.2, 0.25) is 0 Å². The predicted molar refractivity (Wildman–Crippen MR) is 132 cm³/mol. The van der Waals surface area contributed by atoms with Crippen molar-refractivity contribution in [2.24, 2.45) is 5.73 Å². The third-order valence-electron chi connectivity index (χ3n) is 5.97. The summed E-state index contributed by atoms with van der Waals surface area (Å²) in [4.78, 5) is 38.7. The summed E-state index contributed by atoms with van der Waals surface area (Å²) in [5, 5.41) is 4.10. The lowest BCUT2D eigenvalue weighted by Crippen LogP contribution is -2.45. The zero-order valence-corrected chi connectivity index (χ0v) is 20.8. The summed E-state index contributed by atoms with van der Waals surface area (Å²) in [6.07, 6.45) is -0.0559. The summed E-state index contributed by atoms with van der Waals surface area (Å²) in [5.41, 5.74) is 7.63. The highest BCUT2D eigenvalue weighted by Gasteiger charge is 2.36. The minimum absolute atomic E-state index is 0.0239. The number of primary amides is 1. The Hall–Kier alpha value is -4.08. The van der Waals surface area contributed by atoms with E-state index < -0.39 is 36.0 Å². The number of rotatable bonds is 8. The van der Waals surface area contributed by atoms with E-state index >= 15 is 0 Å². The number of alkyl halides is 2. The summed E-state index contributed by atoms with van der Waals surface area (Å²) in [6, 6.07) is 14.2. The number of amides is 2. The molecule has 0 aliphatic carbocycles. The highest BCUT2D eigenvalue weighted by molar-refractivity contribution is 6.01. The molecule has 1 atom stereocenters. The van der Waals surface area contributed by atoms with Crippen LogP contribution in [0.1, 0.15) is 56.1 Å². The Morgan fingerprint density at radius 1 is 1.08 bits per heavy atom. The summed E-state index contributed by atoms with van der Waals surface area (Å²) in [5.74, 6) is -1.61. The summed E-state index contributed by atoms with van der Waals surface area (Å²) < 4.78 is 33.4. The fraction of sp³-hybridized carbons (Fsp3) is 0.333. The molecular weight excluding hydrogens is 482 g/mol. The molecule has 194 valence electrons. The predicted octanol–water partition coefficient (Wildman–Crippen LogP) is 4.54. The molecule has 0 spiro atoms. The van der Waals surface area contributed by atoms with Gasteiger partial charge in [-0.15, -0.1) is 0 Å². The highest BCUT2D eigenvalue weighted by atomic mass is 19.3. The Morgan fingerprint density at radius 3 is 2.41 bits per heavy atom. The smallest absolute Gasteiger partial charge is 0.333 e.